The van der Waals surface area contributed by atoms with E-state index in [1.807, 2.05) is 0 Å². The van der Waals surface area contributed by atoms with E-state index in [0.717, 1.165) is 0 Å². The van der Waals surface area contributed by atoms with Crippen LogP contribution in [-0.4, -0.2) is 26.7 Å². The Bertz CT molecular complexity index is 697. The number of hydrogen-bond acceptors (Lipinski definition) is 4. The van der Waals surface area contributed by atoms with E-state index in [2.05, 4.69) is 5.10 Å². The highest BCUT2D eigenvalue weighted by Gasteiger charge is 2.22. The smallest absolute Gasteiger partial charge is 0.283 e. The highest BCUT2D eigenvalue weighted by Crippen LogP contribution is 2.23. The minimum Gasteiger partial charge on any atom is -0.283 e. The number of hydrogen-bond donors (Lipinski definition) is 0. The monoisotopic (exact) mass is 326 g/mol. The van der Waals surface area contributed by atoms with E-state index in [1.165, 1.54) is 10.7 Å². The second kappa shape index (κ2) is 6.41. The zero-order chi connectivity index (χ0) is 16.4. The second-order valence-corrected chi connectivity index (χ2v) is 5.54. The molecule has 0 aliphatic heterocycles. The van der Waals surface area contributed by atoms with Gasteiger partial charge in [-0.15, -0.1) is 0 Å². The largest absolute Gasteiger partial charge is 0.312 e. The van der Waals surface area contributed by atoms with Gasteiger partial charge in [0.2, 0.25) is 0 Å². The summed E-state index contributed by atoms with van der Waals surface area (Å²) in [4.78, 5) is 12.3. The molecule has 0 saturated heterocycles. The van der Waals surface area contributed by atoms with E-state index in [4.69, 9.17) is 11.6 Å². The first-order valence-electron chi connectivity index (χ1n) is 6.61. The summed E-state index contributed by atoms with van der Waals surface area (Å²) in [5, 5.41) is 15.5. The molecule has 1 aromatic heterocycles. The normalized spacial score (nSPS) is 11.2. The lowest BCUT2D eigenvalue weighted by Crippen LogP contribution is -2.23. The van der Waals surface area contributed by atoms with Crippen molar-refractivity contribution in [2.75, 3.05) is 7.05 Å². The van der Waals surface area contributed by atoms with Crippen LogP contribution in [0.3, 0.4) is 0 Å². The molecule has 22 heavy (non-hydrogen) atoms. The van der Waals surface area contributed by atoms with Crippen molar-refractivity contribution in [3.8, 4) is 0 Å². The second-order valence-electron chi connectivity index (χ2n) is 5.13. The Labute approximate surface area is 132 Å². The Morgan fingerprint density at radius 2 is 2.14 bits per heavy atom. The molecule has 0 amide bonds. The van der Waals surface area contributed by atoms with Crippen molar-refractivity contribution in [2.45, 2.75) is 27.1 Å². The van der Waals surface area contributed by atoms with Crippen LogP contribution in [0.15, 0.2) is 18.2 Å². The lowest BCUT2D eigenvalue weighted by Gasteiger charge is -2.18. The summed E-state index contributed by atoms with van der Waals surface area (Å²) in [7, 11) is 1.77. The third-order valence-corrected chi connectivity index (χ3v) is 3.75. The van der Waals surface area contributed by atoms with Crippen LogP contribution in [0.4, 0.5) is 10.1 Å². The standard InChI is InChI=1S/C14H16ClFN4O2/c1-9-14(20(21)22)10(2)19(17-9)8-18(3)7-11-12(15)5-4-6-13(11)16/h4-6H,7-8H2,1-3H3. The van der Waals surface area contributed by atoms with Gasteiger partial charge in [0.15, 0.2) is 0 Å². The van der Waals surface area contributed by atoms with Crippen LogP contribution in [0.1, 0.15) is 17.0 Å². The van der Waals surface area contributed by atoms with Gasteiger partial charge in [0.1, 0.15) is 17.2 Å². The van der Waals surface area contributed by atoms with Crippen LogP contribution in [-0.2, 0) is 13.2 Å². The summed E-state index contributed by atoms with van der Waals surface area (Å²) in [5.74, 6) is -0.376. The predicted octanol–water partition coefficient (Wildman–Crippen LogP) is 3.29. The minimum absolute atomic E-state index is 0.0114. The molecule has 8 heteroatoms. The number of aryl methyl sites for hydroxylation is 1. The molecule has 6 nitrogen and oxygen atoms in total. The van der Waals surface area contributed by atoms with Gasteiger partial charge in [-0.3, -0.25) is 15.0 Å². The lowest BCUT2D eigenvalue weighted by atomic mass is 10.2. The molecule has 118 valence electrons. The Hall–Kier alpha value is -1.99. The zero-order valence-electron chi connectivity index (χ0n) is 12.5. The van der Waals surface area contributed by atoms with Crippen molar-refractivity contribution in [3.05, 3.63) is 56.1 Å². The molecule has 1 aromatic carbocycles. The first-order valence-corrected chi connectivity index (χ1v) is 6.99. The van der Waals surface area contributed by atoms with Gasteiger partial charge < -0.3 is 0 Å². The molecule has 0 unspecified atom stereocenters. The molecule has 0 radical (unpaired) electrons. The molecular formula is C14H16ClFN4O2. The Morgan fingerprint density at radius 3 is 2.68 bits per heavy atom. The molecular weight excluding hydrogens is 311 g/mol. The van der Waals surface area contributed by atoms with Crippen LogP contribution in [0.2, 0.25) is 5.02 Å². The van der Waals surface area contributed by atoms with Gasteiger partial charge in [-0.1, -0.05) is 17.7 Å². The zero-order valence-corrected chi connectivity index (χ0v) is 13.3. The maximum atomic E-state index is 13.8. The maximum absolute atomic E-state index is 13.8. The fraction of sp³-hybridized carbons (Fsp3) is 0.357. The fourth-order valence-electron chi connectivity index (χ4n) is 2.32. The summed E-state index contributed by atoms with van der Waals surface area (Å²) in [6, 6.07) is 4.52. The number of rotatable bonds is 5. The number of aromatic nitrogens is 2. The molecule has 0 saturated carbocycles. The van der Waals surface area contributed by atoms with Gasteiger partial charge in [0.05, 0.1) is 11.6 Å². The predicted molar refractivity (Wildman–Crippen MR) is 81.2 cm³/mol. The summed E-state index contributed by atoms with van der Waals surface area (Å²) in [5.41, 5.74) is 1.23. The molecule has 2 aromatic rings. The highest BCUT2D eigenvalue weighted by molar-refractivity contribution is 6.31. The van der Waals surface area contributed by atoms with E-state index >= 15 is 0 Å². The summed E-state index contributed by atoms with van der Waals surface area (Å²) in [6.45, 7) is 3.81. The van der Waals surface area contributed by atoms with Crippen LogP contribution in [0, 0.1) is 29.8 Å². The van der Waals surface area contributed by atoms with Gasteiger partial charge in [-0.2, -0.15) is 5.10 Å². The SMILES string of the molecule is Cc1nn(CN(C)Cc2c(F)cccc2Cl)c(C)c1[N+](=O)[O-]. The van der Waals surface area contributed by atoms with Crippen LogP contribution >= 0.6 is 11.6 Å². The van der Waals surface area contributed by atoms with Crippen molar-refractivity contribution < 1.29 is 9.31 Å². The minimum atomic E-state index is -0.443. The van der Waals surface area contributed by atoms with Gasteiger partial charge in [-0.25, -0.2) is 9.07 Å². The molecule has 2 rings (SSSR count). The number of halogens is 2. The fourth-order valence-corrected chi connectivity index (χ4v) is 2.54. The number of nitrogens with zero attached hydrogens (tertiary/aromatic N) is 4. The summed E-state index contributed by atoms with van der Waals surface area (Å²) >= 11 is 6.00. The molecule has 0 bridgehead atoms. The highest BCUT2D eigenvalue weighted by atomic mass is 35.5. The summed E-state index contributed by atoms with van der Waals surface area (Å²) in [6.07, 6.45) is 0. The van der Waals surface area contributed by atoms with Crippen molar-refractivity contribution in [3.63, 3.8) is 0 Å². The topological polar surface area (TPSA) is 64.2 Å². The molecule has 0 spiro atoms. The third-order valence-electron chi connectivity index (χ3n) is 3.39. The first kappa shape index (κ1) is 16.4. The van der Waals surface area contributed by atoms with Crippen LogP contribution < -0.4 is 0 Å². The van der Waals surface area contributed by atoms with Crippen molar-refractivity contribution in [1.29, 1.82) is 0 Å². The van der Waals surface area contributed by atoms with E-state index in [1.54, 1.807) is 37.9 Å². The van der Waals surface area contributed by atoms with Crippen molar-refractivity contribution in [2.24, 2.45) is 0 Å². The van der Waals surface area contributed by atoms with Gasteiger partial charge in [-0.05, 0) is 33.0 Å². The quantitative estimate of drug-likeness (QED) is 0.624. The van der Waals surface area contributed by atoms with E-state index in [-0.39, 0.29) is 18.0 Å². The van der Waals surface area contributed by atoms with Gasteiger partial charge in [0, 0.05) is 17.1 Å². The van der Waals surface area contributed by atoms with Gasteiger partial charge in [0.25, 0.3) is 0 Å². The van der Waals surface area contributed by atoms with Crippen molar-refractivity contribution >= 4 is 17.3 Å². The molecule has 0 aliphatic rings. The first-order chi connectivity index (χ1) is 10.3. The Morgan fingerprint density at radius 1 is 1.45 bits per heavy atom. The van der Waals surface area contributed by atoms with Crippen molar-refractivity contribution in [1.82, 2.24) is 14.7 Å². The van der Waals surface area contributed by atoms with Crippen LogP contribution in [0.5, 0.6) is 0 Å². The van der Waals surface area contributed by atoms with E-state index < -0.39 is 4.92 Å². The molecule has 0 fully saturated rings. The Kier molecular flexibility index (Phi) is 4.77. The number of benzene rings is 1. The van der Waals surface area contributed by atoms with E-state index in [0.29, 0.717) is 28.6 Å². The average molecular weight is 327 g/mol. The molecule has 0 atom stereocenters. The third kappa shape index (κ3) is 3.26. The number of nitro groups is 1. The average Bonchev–Trinajstić information content (AvgIpc) is 2.69. The van der Waals surface area contributed by atoms with E-state index in [9.17, 15) is 14.5 Å². The maximum Gasteiger partial charge on any atom is 0.312 e. The summed E-state index contributed by atoms with van der Waals surface area (Å²) < 4.78 is 15.3. The molecule has 0 N–H and O–H groups in total. The van der Waals surface area contributed by atoms with Crippen LogP contribution in [0.25, 0.3) is 0 Å². The molecule has 1 heterocycles. The molecule has 0 aliphatic carbocycles. The lowest BCUT2D eigenvalue weighted by molar-refractivity contribution is -0.386. The Balaban J connectivity index is 2.18. The van der Waals surface area contributed by atoms with Gasteiger partial charge >= 0.3 is 5.69 Å².